The first-order valence-corrected chi connectivity index (χ1v) is 5.91. The number of hydrogen-bond acceptors (Lipinski definition) is 4. The molecule has 2 N–H and O–H groups in total. The van der Waals surface area contributed by atoms with Crippen LogP contribution in [0.2, 0.25) is 0 Å². The fraction of sp³-hybridized carbons (Fsp3) is 0.308. The van der Waals surface area contributed by atoms with Crippen LogP contribution in [-0.4, -0.2) is 30.1 Å². The van der Waals surface area contributed by atoms with Gasteiger partial charge in [0.05, 0.1) is 29.6 Å². The van der Waals surface area contributed by atoms with Crippen LogP contribution in [-0.2, 0) is 9.59 Å². The molecule has 1 heterocycles. The molecule has 2 rings (SSSR count). The zero-order valence-electron chi connectivity index (χ0n) is 10.2. The summed E-state index contributed by atoms with van der Waals surface area (Å²) >= 11 is 0. The van der Waals surface area contributed by atoms with Gasteiger partial charge in [0.25, 0.3) is 0 Å². The van der Waals surface area contributed by atoms with Gasteiger partial charge in [-0.1, -0.05) is 0 Å². The number of carboxylic acids is 1. The number of aliphatic carboxylic acids is 1. The lowest BCUT2D eigenvalue weighted by Crippen LogP contribution is -2.38. The van der Waals surface area contributed by atoms with Crippen molar-refractivity contribution in [3.05, 3.63) is 23.8 Å². The first-order valence-electron chi connectivity index (χ1n) is 5.91. The van der Waals surface area contributed by atoms with Crippen LogP contribution in [0.25, 0.3) is 0 Å². The van der Waals surface area contributed by atoms with Crippen LogP contribution in [0.5, 0.6) is 0 Å². The highest BCUT2D eigenvalue weighted by Gasteiger charge is 2.21. The number of nitrogens with one attached hydrogen (secondary N) is 1. The van der Waals surface area contributed by atoms with Gasteiger partial charge in [-0.3, -0.25) is 9.59 Å². The molecule has 6 nitrogen and oxygen atoms in total. The van der Waals surface area contributed by atoms with Gasteiger partial charge in [0.1, 0.15) is 0 Å². The lowest BCUT2D eigenvalue weighted by molar-refractivity contribution is -0.137. The third kappa shape index (κ3) is 3.01. The van der Waals surface area contributed by atoms with Crippen molar-refractivity contribution in [3.8, 4) is 6.07 Å². The summed E-state index contributed by atoms with van der Waals surface area (Å²) in [5.41, 5.74) is 1.90. The Morgan fingerprint density at radius 1 is 1.53 bits per heavy atom. The van der Waals surface area contributed by atoms with Gasteiger partial charge in [0, 0.05) is 13.0 Å². The van der Waals surface area contributed by atoms with Gasteiger partial charge in [-0.15, -0.1) is 0 Å². The molecule has 0 aromatic heterocycles. The molecule has 19 heavy (non-hydrogen) atoms. The molecular formula is C13H13N3O3. The highest BCUT2D eigenvalue weighted by Crippen LogP contribution is 2.30. The van der Waals surface area contributed by atoms with Crippen LogP contribution < -0.4 is 10.2 Å². The molecule has 0 atom stereocenters. The topological polar surface area (TPSA) is 93.4 Å². The molecule has 6 heteroatoms. The van der Waals surface area contributed by atoms with Gasteiger partial charge in [-0.2, -0.15) is 5.26 Å². The summed E-state index contributed by atoms with van der Waals surface area (Å²) in [5, 5.41) is 20.2. The molecular weight excluding hydrogens is 246 g/mol. The summed E-state index contributed by atoms with van der Waals surface area (Å²) in [6.45, 7) is 0.705. The van der Waals surface area contributed by atoms with Gasteiger partial charge in [0.2, 0.25) is 5.91 Å². The van der Waals surface area contributed by atoms with Gasteiger partial charge in [0.15, 0.2) is 0 Å². The molecule has 1 aromatic carbocycles. The molecule has 1 aliphatic rings. The number of carbonyl (C=O) groups excluding carboxylic acids is 1. The maximum absolute atomic E-state index is 11.6. The lowest BCUT2D eigenvalue weighted by Gasteiger charge is -2.30. The maximum Gasteiger partial charge on any atom is 0.303 e. The van der Waals surface area contributed by atoms with Crippen LogP contribution in [0.1, 0.15) is 18.4 Å². The average Bonchev–Trinajstić information content (AvgIpc) is 2.37. The number of carbonyl (C=O) groups is 2. The van der Waals surface area contributed by atoms with Gasteiger partial charge in [-0.05, 0) is 24.6 Å². The Hall–Kier alpha value is -2.55. The number of benzene rings is 1. The summed E-state index contributed by atoms with van der Waals surface area (Å²) in [6, 6.07) is 7.09. The van der Waals surface area contributed by atoms with Crippen molar-refractivity contribution in [2.75, 3.05) is 23.3 Å². The number of rotatable bonds is 4. The molecule has 0 spiro atoms. The van der Waals surface area contributed by atoms with Gasteiger partial charge in [-0.25, -0.2) is 0 Å². The second-order valence-electron chi connectivity index (χ2n) is 4.31. The summed E-state index contributed by atoms with van der Waals surface area (Å²) in [5.74, 6) is -1.00. The van der Waals surface area contributed by atoms with Crippen molar-refractivity contribution in [2.45, 2.75) is 12.8 Å². The van der Waals surface area contributed by atoms with Crippen LogP contribution in [0.4, 0.5) is 11.4 Å². The molecule has 0 saturated carbocycles. The van der Waals surface area contributed by atoms with E-state index in [0.29, 0.717) is 24.2 Å². The molecule has 1 aliphatic heterocycles. The number of amides is 1. The highest BCUT2D eigenvalue weighted by atomic mass is 16.4. The largest absolute Gasteiger partial charge is 0.481 e. The minimum absolute atomic E-state index is 0.0731. The van der Waals surface area contributed by atoms with E-state index < -0.39 is 5.97 Å². The van der Waals surface area contributed by atoms with Gasteiger partial charge < -0.3 is 15.3 Å². The smallest absolute Gasteiger partial charge is 0.303 e. The van der Waals surface area contributed by atoms with Crippen LogP contribution >= 0.6 is 0 Å². The Labute approximate surface area is 110 Å². The first-order chi connectivity index (χ1) is 9.10. The summed E-state index contributed by atoms with van der Waals surface area (Å²) < 4.78 is 0. The molecule has 1 amide bonds. The Morgan fingerprint density at radius 3 is 3.00 bits per heavy atom. The maximum atomic E-state index is 11.6. The molecule has 0 unspecified atom stereocenters. The standard InChI is InChI=1S/C13H13N3O3/c14-7-9-3-4-11-10(6-9)15-12(17)8-16(11)5-1-2-13(18)19/h3-4,6H,1-2,5,8H2,(H,15,17)(H,18,19). The van der Waals surface area contributed by atoms with Crippen LogP contribution in [0.3, 0.4) is 0 Å². The van der Waals surface area contributed by atoms with E-state index >= 15 is 0 Å². The van der Waals surface area contributed by atoms with Crippen LogP contribution in [0.15, 0.2) is 18.2 Å². The van der Waals surface area contributed by atoms with Gasteiger partial charge >= 0.3 is 5.97 Å². The Balaban J connectivity index is 2.17. The predicted molar refractivity (Wildman–Crippen MR) is 68.9 cm³/mol. The Kier molecular flexibility index (Phi) is 3.66. The normalized spacial score (nSPS) is 13.4. The van der Waals surface area contributed by atoms with Crippen molar-refractivity contribution in [1.82, 2.24) is 0 Å². The summed E-state index contributed by atoms with van der Waals surface area (Å²) in [4.78, 5) is 23.9. The average molecular weight is 259 g/mol. The molecule has 0 bridgehead atoms. The molecule has 0 radical (unpaired) electrons. The zero-order valence-corrected chi connectivity index (χ0v) is 10.2. The van der Waals surface area contributed by atoms with Crippen molar-refractivity contribution in [2.24, 2.45) is 0 Å². The van der Waals surface area contributed by atoms with Crippen molar-refractivity contribution in [3.63, 3.8) is 0 Å². The number of fused-ring (bicyclic) bond motifs is 1. The molecule has 0 saturated heterocycles. The SMILES string of the molecule is N#Cc1ccc2c(c1)NC(=O)CN2CCCC(=O)O. The fourth-order valence-corrected chi connectivity index (χ4v) is 2.05. The second-order valence-corrected chi connectivity index (χ2v) is 4.31. The summed E-state index contributed by atoms with van der Waals surface area (Å²) in [7, 11) is 0. The molecule has 98 valence electrons. The monoisotopic (exact) mass is 259 g/mol. The number of nitriles is 1. The van der Waals surface area contributed by atoms with E-state index in [1.807, 2.05) is 11.0 Å². The molecule has 0 fully saturated rings. The molecule has 1 aromatic rings. The highest BCUT2D eigenvalue weighted by molar-refractivity contribution is 6.01. The predicted octanol–water partition coefficient (Wildman–Crippen LogP) is 1.18. The number of nitrogens with zero attached hydrogens (tertiary/aromatic N) is 2. The van der Waals surface area contributed by atoms with E-state index in [1.54, 1.807) is 18.2 Å². The third-order valence-corrected chi connectivity index (χ3v) is 2.89. The number of carboxylic acid groups (broad SMARTS) is 1. The first kappa shape index (κ1) is 12.9. The van der Waals surface area contributed by atoms with E-state index in [4.69, 9.17) is 10.4 Å². The minimum atomic E-state index is -0.846. The summed E-state index contributed by atoms with van der Waals surface area (Å²) in [6.07, 6.45) is 0.547. The van der Waals surface area contributed by atoms with Crippen LogP contribution in [0, 0.1) is 11.3 Å². The second kappa shape index (κ2) is 5.40. The Morgan fingerprint density at radius 2 is 2.32 bits per heavy atom. The minimum Gasteiger partial charge on any atom is -0.481 e. The van der Waals surface area contributed by atoms with Crippen molar-refractivity contribution < 1.29 is 14.7 Å². The van der Waals surface area contributed by atoms with E-state index in [-0.39, 0.29) is 18.9 Å². The number of hydrogen-bond donors (Lipinski definition) is 2. The molecule has 0 aliphatic carbocycles. The van der Waals surface area contributed by atoms with E-state index in [0.717, 1.165) is 5.69 Å². The van der Waals surface area contributed by atoms with Crippen molar-refractivity contribution in [1.29, 1.82) is 5.26 Å². The quantitative estimate of drug-likeness (QED) is 0.846. The van der Waals surface area contributed by atoms with Crippen molar-refractivity contribution >= 4 is 23.3 Å². The Bertz CT molecular complexity index is 563. The lowest BCUT2D eigenvalue weighted by atomic mass is 10.1. The zero-order chi connectivity index (χ0) is 13.8. The van der Waals surface area contributed by atoms with E-state index in [1.165, 1.54) is 0 Å². The number of anilines is 2. The fourth-order valence-electron chi connectivity index (χ4n) is 2.05. The van der Waals surface area contributed by atoms with E-state index in [9.17, 15) is 9.59 Å². The van der Waals surface area contributed by atoms with E-state index in [2.05, 4.69) is 5.32 Å². The third-order valence-electron chi connectivity index (χ3n) is 2.89.